The maximum Gasteiger partial charge on any atom is 0.241 e. The second-order valence-electron chi connectivity index (χ2n) is 16.1. The lowest BCUT2D eigenvalue weighted by Gasteiger charge is -2.64. The van der Waals surface area contributed by atoms with Gasteiger partial charge in [-0.15, -0.1) is 11.3 Å². The first-order valence-corrected chi connectivity index (χ1v) is 17.8. The zero-order valence-electron chi connectivity index (χ0n) is 31.2. The molecule has 1 saturated heterocycles. The van der Waals surface area contributed by atoms with Gasteiger partial charge >= 0.3 is 0 Å². The van der Waals surface area contributed by atoms with E-state index in [9.17, 15) is 4.79 Å². The number of fused-ring (bicyclic) bond motifs is 2. The molecule has 4 aromatic rings. The number of nitrogens with one attached hydrogen (secondary N) is 1. The fourth-order valence-electron chi connectivity index (χ4n) is 8.15. The maximum absolute atomic E-state index is 12.8. The molecular formula is C25H42B15N3O2S. The minimum absolute atomic E-state index is 0.0258. The average molecular weight is 611 g/mol. The molecule has 21 heteroatoms. The van der Waals surface area contributed by atoms with Gasteiger partial charge in [0.15, 0.2) is 0 Å². The molecule has 0 spiro atoms. The molecule has 220 valence electrons. The summed E-state index contributed by atoms with van der Waals surface area (Å²) >= 11 is 1.85. The summed E-state index contributed by atoms with van der Waals surface area (Å²) in [5.74, 6) is 0.886. The van der Waals surface area contributed by atoms with Gasteiger partial charge in [-0.3, -0.25) is 4.79 Å². The number of anilines is 1. The smallest absolute Gasteiger partial charge is 0.241 e. The Bertz CT molecular complexity index is 1920. The summed E-state index contributed by atoms with van der Waals surface area (Å²) < 4.78 is 8.59. The first-order chi connectivity index (χ1) is 21.2. The lowest BCUT2D eigenvalue weighted by atomic mass is 9.14. The highest BCUT2D eigenvalue weighted by Gasteiger charge is 2.56. The second kappa shape index (κ2) is 11.9. The molecule has 0 aliphatic carbocycles. The Morgan fingerprint density at radius 3 is 1.93 bits per heavy atom. The molecule has 2 aromatic heterocycles. The summed E-state index contributed by atoms with van der Waals surface area (Å²) in [6, 6.07) is 4.66. The van der Waals surface area contributed by atoms with Gasteiger partial charge < -0.3 is 19.5 Å². The van der Waals surface area contributed by atoms with Crippen LogP contribution in [-0.2, 0) is 0 Å². The van der Waals surface area contributed by atoms with E-state index in [0.29, 0.717) is 0 Å². The van der Waals surface area contributed by atoms with Gasteiger partial charge in [0.2, 0.25) is 5.56 Å². The Morgan fingerprint density at radius 2 is 1.33 bits per heavy atom. The zero-order chi connectivity index (χ0) is 34.3. The van der Waals surface area contributed by atoms with E-state index in [1.807, 2.05) is 19.2 Å². The number of H-pyrrole nitrogens is 1. The van der Waals surface area contributed by atoms with Crippen molar-refractivity contribution >= 4 is 194 Å². The number of piperazine rings is 1. The van der Waals surface area contributed by atoms with E-state index in [1.165, 1.54) is 32.2 Å². The van der Waals surface area contributed by atoms with Gasteiger partial charge in [0.1, 0.15) is 108 Å². The number of pyridine rings is 1. The van der Waals surface area contributed by atoms with Crippen molar-refractivity contribution in [2.45, 2.75) is 21.2 Å². The van der Waals surface area contributed by atoms with Crippen molar-refractivity contribution in [3.8, 4) is 5.75 Å². The average Bonchev–Trinajstić information content (AvgIpc) is 3.47. The molecule has 1 N–H and O–H groups in total. The zero-order valence-corrected chi connectivity index (χ0v) is 32.0. The third kappa shape index (κ3) is 5.29. The number of aromatic nitrogens is 1. The van der Waals surface area contributed by atoms with Crippen LogP contribution in [0, 0.1) is 0 Å². The van der Waals surface area contributed by atoms with Gasteiger partial charge in [-0.05, 0) is 33.1 Å². The number of thiophene rings is 1. The van der Waals surface area contributed by atoms with Crippen LogP contribution in [0.4, 0.5) is 5.69 Å². The van der Waals surface area contributed by atoms with Crippen LogP contribution in [0.1, 0.15) is 0 Å². The van der Waals surface area contributed by atoms with E-state index in [2.05, 4.69) is 142 Å². The molecule has 46 heavy (non-hydrogen) atoms. The van der Waals surface area contributed by atoms with Gasteiger partial charge in [-0.1, -0.05) is 43.8 Å². The van der Waals surface area contributed by atoms with Crippen molar-refractivity contribution in [1.82, 2.24) is 9.88 Å². The molecule has 0 saturated carbocycles. The van der Waals surface area contributed by atoms with E-state index in [1.54, 1.807) is 0 Å². The van der Waals surface area contributed by atoms with Gasteiger partial charge in [0.25, 0.3) is 0 Å². The number of benzene rings is 2. The number of rotatable bonds is 7. The summed E-state index contributed by atoms with van der Waals surface area (Å²) in [6.45, 7) is 4.06. The molecule has 2 aromatic carbocycles. The second-order valence-corrected chi connectivity index (χ2v) is 17.0. The molecule has 3 heterocycles. The van der Waals surface area contributed by atoms with Gasteiger partial charge in [-0.2, -0.15) is 0 Å². The third-order valence-corrected chi connectivity index (χ3v) is 14.2. The Hall–Kier alpha value is -1.86. The maximum atomic E-state index is 12.8. The first-order valence-electron chi connectivity index (χ1n) is 17.0. The molecular weight excluding hydrogens is 569 g/mol. The van der Waals surface area contributed by atoms with Crippen LogP contribution in [0.15, 0.2) is 22.3 Å². The van der Waals surface area contributed by atoms with E-state index >= 15 is 0 Å². The third-order valence-electron chi connectivity index (χ3n) is 13.2. The van der Waals surface area contributed by atoms with Crippen LogP contribution in [0.25, 0.3) is 21.0 Å². The highest BCUT2D eigenvalue weighted by atomic mass is 32.1. The van der Waals surface area contributed by atoms with E-state index in [-0.39, 0.29) is 21.3 Å². The SMILES string of the molecule is Bc1cc(B)c2sccc2c1N1CCN(C(B)(B)C(B)(B)C(B)(B)C(B)(B)Oc2c(B)c(B)c3c(B)c(B)c(=O)[nH]c3c2B)CC1. The quantitative estimate of drug-likeness (QED) is 0.211. The molecule has 0 atom stereocenters. The molecule has 0 unspecified atom stereocenters. The van der Waals surface area contributed by atoms with Crippen molar-refractivity contribution in [2.75, 3.05) is 31.1 Å². The lowest BCUT2D eigenvalue weighted by molar-refractivity contribution is 0.149. The molecule has 5 nitrogen and oxygen atoms in total. The Kier molecular flexibility index (Phi) is 9.19. The summed E-state index contributed by atoms with van der Waals surface area (Å²) in [5.41, 5.74) is 10.2. The highest BCUT2D eigenvalue weighted by molar-refractivity contribution is 7.18. The van der Waals surface area contributed by atoms with Crippen molar-refractivity contribution in [1.29, 1.82) is 0 Å². The first kappa shape index (κ1) is 35.5. The predicted octanol–water partition coefficient (Wildman–Crippen LogP) is -15.6. The van der Waals surface area contributed by atoms with E-state index in [0.717, 1.165) is 64.7 Å². The van der Waals surface area contributed by atoms with E-state index < -0.39 is 5.40 Å². The molecule has 1 aliphatic rings. The number of hydrogen-bond donors (Lipinski definition) is 1. The van der Waals surface area contributed by atoms with Crippen molar-refractivity contribution < 1.29 is 4.74 Å². The van der Waals surface area contributed by atoms with Crippen molar-refractivity contribution in [3.05, 3.63) is 27.9 Å². The summed E-state index contributed by atoms with van der Waals surface area (Å²) in [5, 5.41) is 3.77. The van der Waals surface area contributed by atoms with Gasteiger partial charge in [0, 0.05) is 52.9 Å². The van der Waals surface area contributed by atoms with Gasteiger partial charge in [0.05, 0.1) is 15.7 Å². The van der Waals surface area contributed by atoms with Crippen molar-refractivity contribution in [2.24, 2.45) is 0 Å². The Labute approximate surface area is 293 Å². The summed E-state index contributed by atoms with van der Waals surface area (Å²) in [6.07, 6.45) is 0. The normalized spacial score (nSPS) is 15.4. The number of hydrogen-bond acceptors (Lipinski definition) is 5. The van der Waals surface area contributed by atoms with Crippen LogP contribution in [-0.4, -0.2) is 164 Å². The lowest BCUT2D eigenvalue weighted by Crippen LogP contribution is -2.70. The van der Waals surface area contributed by atoms with Crippen LogP contribution in [0.2, 0.25) is 10.4 Å². The monoisotopic (exact) mass is 613 g/mol. The topological polar surface area (TPSA) is 48.6 Å². The Morgan fingerprint density at radius 1 is 0.739 bits per heavy atom. The number of ether oxygens (including phenoxy) is 1. The Balaban J connectivity index is 1.43. The molecule has 5 rings (SSSR count). The standard InChI is InChI=1S/C25H42B15N3O2S/c26-9-7-10(27)20-8(1-6-46-20)18(9)42-2-4-43(5-3-42)24(37,38)22(33,34)23(35,36)25(39,40)45-19-14(30)12(28)11-13(29)15(31)21(44)41-17(11)16(19)32/h1,6-7H,2-5,26-40H2,(H,41,44). The van der Waals surface area contributed by atoms with Crippen LogP contribution < -0.4 is 53.4 Å². The number of aromatic amines is 1. The highest BCUT2D eigenvalue weighted by Crippen LogP contribution is 2.55. The fourth-order valence-corrected chi connectivity index (χ4v) is 9.02. The molecule has 0 bridgehead atoms. The van der Waals surface area contributed by atoms with E-state index in [4.69, 9.17) is 4.74 Å². The largest absolute Gasteiger partial charge is 0.507 e. The minimum atomic E-state index is -0.519. The molecule has 1 fully saturated rings. The van der Waals surface area contributed by atoms with Gasteiger partial charge in [-0.25, -0.2) is 0 Å². The predicted molar refractivity (Wildman–Crippen MR) is 247 cm³/mol. The summed E-state index contributed by atoms with van der Waals surface area (Å²) in [7, 11) is 33.8. The van der Waals surface area contributed by atoms with Crippen molar-refractivity contribution in [3.63, 3.8) is 0 Å². The fraction of sp³-hybridized carbons (Fsp3) is 0.320. The minimum Gasteiger partial charge on any atom is -0.507 e. The summed E-state index contributed by atoms with van der Waals surface area (Å²) in [4.78, 5) is 21.3. The van der Waals surface area contributed by atoms with Crippen LogP contribution in [0.5, 0.6) is 5.75 Å². The van der Waals surface area contributed by atoms with Crippen LogP contribution >= 0.6 is 11.3 Å². The molecule has 1 aliphatic heterocycles. The van der Waals surface area contributed by atoms with Crippen LogP contribution in [0.3, 0.4) is 0 Å². The molecule has 0 amide bonds. The number of nitrogens with zero attached hydrogens (tertiary/aromatic N) is 2. The molecule has 0 radical (unpaired) electrons.